The molecule has 134 valence electrons. The number of hydrogen-bond donors (Lipinski definition) is 1. The number of esters is 1. The normalized spacial score (nSPS) is 11.0. The molecule has 0 atom stereocenters. The van der Waals surface area contributed by atoms with E-state index in [4.69, 9.17) is 16.3 Å². The highest BCUT2D eigenvalue weighted by atomic mass is 79.9. The van der Waals surface area contributed by atoms with Crippen molar-refractivity contribution in [3.8, 4) is 0 Å². The SMILES string of the molecule is CC(C)OC(=O)c1ccc2nc(NC(=O)c3cc(Br)ccc3Cl)sc2c1. The van der Waals surface area contributed by atoms with Crippen molar-refractivity contribution < 1.29 is 14.3 Å². The number of nitrogens with one attached hydrogen (secondary N) is 1. The summed E-state index contributed by atoms with van der Waals surface area (Å²) < 4.78 is 6.73. The van der Waals surface area contributed by atoms with E-state index >= 15 is 0 Å². The molecule has 1 heterocycles. The maximum Gasteiger partial charge on any atom is 0.338 e. The number of fused-ring (bicyclic) bond motifs is 1. The van der Waals surface area contributed by atoms with Gasteiger partial charge in [-0.25, -0.2) is 9.78 Å². The third-order valence-electron chi connectivity index (χ3n) is 3.36. The van der Waals surface area contributed by atoms with Crippen LogP contribution in [0.1, 0.15) is 34.6 Å². The standard InChI is InChI=1S/C18H14BrClN2O3S/c1-9(2)25-17(24)10-3-6-14-15(7-10)26-18(21-14)22-16(23)12-8-11(19)4-5-13(12)20/h3-9H,1-2H3,(H,21,22,23). The highest BCUT2D eigenvalue weighted by molar-refractivity contribution is 9.10. The topological polar surface area (TPSA) is 68.3 Å². The lowest BCUT2D eigenvalue weighted by Gasteiger charge is -2.07. The molecule has 0 bridgehead atoms. The first-order valence-electron chi connectivity index (χ1n) is 7.71. The number of halogens is 2. The summed E-state index contributed by atoms with van der Waals surface area (Å²) in [6, 6.07) is 10.1. The van der Waals surface area contributed by atoms with E-state index in [1.807, 2.05) is 0 Å². The van der Waals surface area contributed by atoms with Crippen LogP contribution in [0.4, 0.5) is 5.13 Å². The van der Waals surface area contributed by atoms with Crippen molar-refractivity contribution >= 4 is 66.1 Å². The van der Waals surface area contributed by atoms with E-state index in [-0.39, 0.29) is 18.0 Å². The van der Waals surface area contributed by atoms with Gasteiger partial charge in [0.15, 0.2) is 5.13 Å². The summed E-state index contributed by atoms with van der Waals surface area (Å²) in [6.45, 7) is 3.59. The third-order valence-corrected chi connectivity index (χ3v) is 5.12. The lowest BCUT2D eigenvalue weighted by Crippen LogP contribution is -2.12. The predicted molar refractivity (Wildman–Crippen MR) is 107 cm³/mol. The van der Waals surface area contributed by atoms with Gasteiger partial charge in [0.1, 0.15) is 0 Å². The number of hydrogen-bond acceptors (Lipinski definition) is 5. The fourth-order valence-corrected chi connectivity index (χ4v) is 3.69. The molecule has 5 nitrogen and oxygen atoms in total. The second-order valence-corrected chi connectivity index (χ2v) is 8.09. The van der Waals surface area contributed by atoms with E-state index in [1.54, 1.807) is 50.2 Å². The van der Waals surface area contributed by atoms with Crippen LogP contribution in [0.25, 0.3) is 10.2 Å². The largest absolute Gasteiger partial charge is 0.459 e. The number of carbonyl (C=O) groups is 2. The number of aromatic nitrogens is 1. The summed E-state index contributed by atoms with van der Waals surface area (Å²) >= 11 is 10.7. The number of amides is 1. The lowest BCUT2D eigenvalue weighted by molar-refractivity contribution is 0.0378. The fraction of sp³-hybridized carbons (Fsp3) is 0.167. The molecule has 2 aromatic carbocycles. The summed E-state index contributed by atoms with van der Waals surface area (Å²) in [5, 5.41) is 3.52. The van der Waals surface area contributed by atoms with Gasteiger partial charge in [0.05, 0.1) is 32.5 Å². The molecule has 1 N–H and O–H groups in total. The molecule has 0 aliphatic carbocycles. The molecule has 0 saturated heterocycles. The molecule has 0 saturated carbocycles. The van der Waals surface area contributed by atoms with Crippen molar-refractivity contribution in [2.75, 3.05) is 5.32 Å². The molecule has 0 aliphatic rings. The third kappa shape index (κ3) is 4.23. The molecule has 0 unspecified atom stereocenters. The Morgan fingerprint density at radius 3 is 2.73 bits per heavy atom. The Hall–Kier alpha value is -1.96. The van der Waals surface area contributed by atoms with Gasteiger partial charge in [0, 0.05) is 4.47 Å². The molecule has 0 spiro atoms. The number of anilines is 1. The summed E-state index contributed by atoms with van der Waals surface area (Å²) in [5.41, 5.74) is 1.48. The molecule has 0 radical (unpaired) electrons. The minimum atomic E-state index is -0.387. The molecular formula is C18H14BrClN2O3S. The Balaban J connectivity index is 1.84. The minimum absolute atomic E-state index is 0.190. The van der Waals surface area contributed by atoms with Crippen LogP contribution in [0.2, 0.25) is 5.02 Å². The zero-order chi connectivity index (χ0) is 18.8. The molecule has 3 rings (SSSR count). The zero-order valence-corrected chi connectivity index (χ0v) is 17.0. The highest BCUT2D eigenvalue weighted by Gasteiger charge is 2.15. The smallest absolute Gasteiger partial charge is 0.338 e. The Bertz CT molecular complexity index is 1000. The van der Waals surface area contributed by atoms with Gasteiger partial charge in [0.25, 0.3) is 5.91 Å². The Kier molecular flexibility index (Phi) is 5.60. The van der Waals surface area contributed by atoms with Crippen molar-refractivity contribution in [1.29, 1.82) is 0 Å². The van der Waals surface area contributed by atoms with Gasteiger partial charge in [-0.1, -0.05) is 38.9 Å². The van der Waals surface area contributed by atoms with Crippen molar-refractivity contribution in [3.05, 3.63) is 57.0 Å². The second-order valence-electron chi connectivity index (χ2n) is 5.73. The monoisotopic (exact) mass is 452 g/mol. The van der Waals surface area contributed by atoms with Crippen LogP contribution in [0, 0.1) is 0 Å². The number of thiazole rings is 1. The van der Waals surface area contributed by atoms with Crippen LogP contribution in [0.3, 0.4) is 0 Å². The Morgan fingerprint density at radius 2 is 2.00 bits per heavy atom. The van der Waals surface area contributed by atoms with Crippen LogP contribution in [-0.4, -0.2) is 23.0 Å². The van der Waals surface area contributed by atoms with Gasteiger partial charge in [0.2, 0.25) is 0 Å². The predicted octanol–water partition coefficient (Wildman–Crippen LogP) is 5.53. The number of nitrogens with zero attached hydrogens (tertiary/aromatic N) is 1. The first kappa shape index (κ1) is 18.8. The van der Waals surface area contributed by atoms with Crippen LogP contribution >= 0.6 is 38.9 Å². The van der Waals surface area contributed by atoms with Gasteiger partial charge in [-0.3, -0.25) is 10.1 Å². The van der Waals surface area contributed by atoms with E-state index in [9.17, 15) is 9.59 Å². The van der Waals surface area contributed by atoms with Gasteiger partial charge in [-0.05, 0) is 50.2 Å². The lowest BCUT2D eigenvalue weighted by atomic mass is 10.2. The summed E-state index contributed by atoms with van der Waals surface area (Å²) in [4.78, 5) is 28.8. The Labute approximate surface area is 167 Å². The van der Waals surface area contributed by atoms with Gasteiger partial charge in [-0.15, -0.1) is 0 Å². The maximum absolute atomic E-state index is 12.4. The first-order valence-corrected chi connectivity index (χ1v) is 9.70. The number of rotatable bonds is 4. The molecule has 3 aromatic rings. The van der Waals surface area contributed by atoms with E-state index in [0.29, 0.717) is 26.8 Å². The van der Waals surface area contributed by atoms with Crippen LogP contribution in [-0.2, 0) is 4.74 Å². The van der Waals surface area contributed by atoms with Gasteiger partial charge in [-0.2, -0.15) is 0 Å². The van der Waals surface area contributed by atoms with Crippen molar-refractivity contribution in [2.45, 2.75) is 20.0 Å². The van der Waals surface area contributed by atoms with Crippen LogP contribution < -0.4 is 5.32 Å². The molecule has 1 amide bonds. The molecular weight excluding hydrogens is 440 g/mol. The second kappa shape index (κ2) is 7.73. The van der Waals surface area contributed by atoms with E-state index in [1.165, 1.54) is 11.3 Å². The quantitative estimate of drug-likeness (QED) is 0.527. The van der Waals surface area contributed by atoms with E-state index < -0.39 is 0 Å². The molecule has 1 aromatic heterocycles. The number of carbonyl (C=O) groups excluding carboxylic acids is 2. The van der Waals surface area contributed by atoms with Crippen molar-refractivity contribution in [2.24, 2.45) is 0 Å². The van der Waals surface area contributed by atoms with Gasteiger partial charge >= 0.3 is 5.97 Å². The highest BCUT2D eigenvalue weighted by Crippen LogP contribution is 2.28. The average molecular weight is 454 g/mol. The average Bonchev–Trinajstić information content (AvgIpc) is 2.97. The zero-order valence-electron chi connectivity index (χ0n) is 13.9. The van der Waals surface area contributed by atoms with Crippen LogP contribution in [0.5, 0.6) is 0 Å². The van der Waals surface area contributed by atoms with Crippen molar-refractivity contribution in [3.63, 3.8) is 0 Å². The summed E-state index contributed by atoms with van der Waals surface area (Å²) in [7, 11) is 0. The van der Waals surface area contributed by atoms with E-state index in [0.717, 1.165) is 9.17 Å². The molecule has 0 aliphatic heterocycles. The number of benzene rings is 2. The molecule has 0 fully saturated rings. The van der Waals surface area contributed by atoms with Crippen molar-refractivity contribution in [1.82, 2.24) is 4.98 Å². The fourth-order valence-electron chi connectivity index (χ4n) is 2.22. The Morgan fingerprint density at radius 1 is 1.23 bits per heavy atom. The number of ether oxygens (including phenoxy) is 1. The summed E-state index contributed by atoms with van der Waals surface area (Å²) in [6.07, 6.45) is -0.190. The molecule has 8 heteroatoms. The molecule has 26 heavy (non-hydrogen) atoms. The minimum Gasteiger partial charge on any atom is -0.459 e. The van der Waals surface area contributed by atoms with Crippen LogP contribution in [0.15, 0.2) is 40.9 Å². The maximum atomic E-state index is 12.4. The van der Waals surface area contributed by atoms with Gasteiger partial charge < -0.3 is 4.74 Å². The summed E-state index contributed by atoms with van der Waals surface area (Å²) in [5.74, 6) is -0.739. The van der Waals surface area contributed by atoms with E-state index in [2.05, 4.69) is 26.2 Å². The first-order chi connectivity index (χ1) is 12.3.